The van der Waals surface area contributed by atoms with Crippen molar-refractivity contribution in [2.75, 3.05) is 12.4 Å². The lowest BCUT2D eigenvalue weighted by Crippen LogP contribution is -2.47. The molecule has 0 aromatic carbocycles. The summed E-state index contributed by atoms with van der Waals surface area (Å²) < 4.78 is 31.6. The van der Waals surface area contributed by atoms with Gasteiger partial charge in [-0.25, -0.2) is 8.42 Å². The number of carbonyl (C=O) groups is 2. The van der Waals surface area contributed by atoms with Crippen molar-refractivity contribution in [1.82, 2.24) is 4.31 Å². The van der Waals surface area contributed by atoms with Crippen LogP contribution in [0.4, 0.5) is 0 Å². The summed E-state index contributed by atoms with van der Waals surface area (Å²) in [7, 11) is -3.55. The van der Waals surface area contributed by atoms with Crippen LogP contribution < -0.4 is 0 Å². The summed E-state index contributed by atoms with van der Waals surface area (Å²) in [6.45, 7) is 3.70. The lowest BCUT2D eigenvalue weighted by molar-refractivity contribution is -0.147. The fourth-order valence-corrected chi connectivity index (χ4v) is 5.58. The first-order valence-electron chi connectivity index (χ1n) is 8.13. The highest BCUT2D eigenvalue weighted by Crippen LogP contribution is 2.39. The third-order valence-corrected chi connectivity index (χ3v) is 6.60. The molecule has 1 aliphatic heterocycles. The van der Waals surface area contributed by atoms with Crippen molar-refractivity contribution in [2.45, 2.75) is 64.5 Å². The van der Waals surface area contributed by atoms with Crippen molar-refractivity contribution in [3.8, 4) is 0 Å². The molecule has 2 fully saturated rings. The number of hydrogen-bond acceptors (Lipinski definition) is 5. The van der Waals surface area contributed by atoms with Crippen molar-refractivity contribution in [3.63, 3.8) is 0 Å². The van der Waals surface area contributed by atoms with Gasteiger partial charge in [-0.2, -0.15) is 4.31 Å². The number of Topliss-reactive ketones (excluding diaryl/α,β-unsaturated/α-hetero) is 1. The molecule has 0 amide bonds. The second-order valence-corrected chi connectivity index (χ2v) is 8.03. The summed E-state index contributed by atoms with van der Waals surface area (Å²) in [6, 6.07) is -1.21. The highest BCUT2D eigenvalue weighted by Gasteiger charge is 2.52. The maximum atomic E-state index is 12.6. The summed E-state index contributed by atoms with van der Waals surface area (Å²) in [4.78, 5) is 24.5. The molecule has 0 bridgehead atoms. The smallest absolute Gasteiger partial charge is 0.324 e. The van der Waals surface area contributed by atoms with Gasteiger partial charge in [-0.1, -0.05) is 13.3 Å². The van der Waals surface area contributed by atoms with E-state index in [1.54, 1.807) is 13.8 Å². The van der Waals surface area contributed by atoms with Crippen LogP contribution in [0.5, 0.6) is 0 Å². The molecule has 0 aromatic rings. The van der Waals surface area contributed by atoms with Crippen molar-refractivity contribution < 1.29 is 22.7 Å². The Hall–Kier alpha value is -0.950. The largest absolute Gasteiger partial charge is 0.465 e. The number of hydrogen-bond donors (Lipinski definition) is 0. The molecule has 0 unspecified atom stereocenters. The highest BCUT2D eigenvalue weighted by atomic mass is 32.2. The minimum absolute atomic E-state index is 0.000313. The summed E-state index contributed by atoms with van der Waals surface area (Å²) >= 11 is 0. The first-order chi connectivity index (χ1) is 10.4. The van der Waals surface area contributed by atoms with Crippen molar-refractivity contribution in [1.29, 1.82) is 0 Å². The van der Waals surface area contributed by atoms with E-state index in [4.69, 9.17) is 4.74 Å². The molecule has 0 aromatic heterocycles. The van der Waals surface area contributed by atoms with Crippen LogP contribution in [0.2, 0.25) is 0 Å². The molecule has 6 nitrogen and oxygen atoms in total. The molecule has 2 rings (SSSR count). The van der Waals surface area contributed by atoms with Gasteiger partial charge in [0.1, 0.15) is 11.8 Å². The molecule has 22 heavy (non-hydrogen) atoms. The number of fused-ring (bicyclic) bond motifs is 1. The Morgan fingerprint density at radius 2 is 2.05 bits per heavy atom. The summed E-state index contributed by atoms with van der Waals surface area (Å²) in [5.74, 6) is -0.794. The standard InChI is InChI=1S/C15H25NO5S/c1-3-9-22(19,20)16-12-7-5-6-8-14(17)11(12)10-13(16)15(18)21-4-2/h11-13H,3-10H2,1-2H3/t11-,12-,13-/m0/s1. The predicted molar refractivity (Wildman–Crippen MR) is 81.7 cm³/mol. The zero-order valence-corrected chi connectivity index (χ0v) is 14.1. The van der Waals surface area contributed by atoms with Crippen LogP contribution in [0, 0.1) is 5.92 Å². The van der Waals surface area contributed by atoms with Crippen LogP contribution in [0.15, 0.2) is 0 Å². The second-order valence-electron chi connectivity index (χ2n) is 6.04. The zero-order valence-electron chi connectivity index (χ0n) is 13.3. The number of rotatable bonds is 5. The Balaban J connectivity index is 2.36. The first kappa shape index (κ1) is 17.4. The molecule has 3 atom stereocenters. The van der Waals surface area contributed by atoms with Gasteiger partial charge in [0.15, 0.2) is 0 Å². The zero-order chi connectivity index (χ0) is 16.3. The van der Waals surface area contributed by atoms with Gasteiger partial charge in [-0.3, -0.25) is 9.59 Å². The Bertz CT molecular complexity index is 530. The minimum atomic E-state index is -3.55. The van der Waals surface area contributed by atoms with E-state index in [2.05, 4.69) is 0 Å². The topological polar surface area (TPSA) is 80.8 Å². The molecule has 1 heterocycles. The van der Waals surface area contributed by atoms with Gasteiger partial charge in [-0.15, -0.1) is 0 Å². The van der Waals surface area contributed by atoms with Crippen LogP contribution in [-0.2, 0) is 24.3 Å². The number of carbonyl (C=O) groups excluding carboxylic acids is 2. The summed E-state index contributed by atoms with van der Waals surface area (Å²) in [5, 5.41) is 0. The molecular weight excluding hydrogens is 306 g/mol. The molecule has 126 valence electrons. The van der Waals surface area contributed by atoms with Crippen LogP contribution in [0.1, 0.15) is 52.4 Å². The van der Waals surface area contributed by atoms with Gasteiger partial charge in [0.25, 0.3) is 0 Å². The Morgan fingerprint density at radius 1 is 1.32 bits per heavy atom. The average molecular weight is 331 g/mol. The van der Waals surface area contributed by atoms with Gasteiger partial charge in [-0.05, 0) is 32.6 Å². The third kappa shape index (κ3) is 3.35. The predicted octanol–water partition coefficient (Wildman–Crippen LogP) is 1.49. The summed E-state index contributed by atoms with van der Waals surface area (Å²) in [5.41, 5.74) is 0. The Morgan fingerprint density at radius 3 is 2.68 bits per heavy atom. The Kier molecular flexibility index (Phi) is 5.60. The highest BCUT2D eigenvalue weighted by molar-refractivity contribution is 7.89. The number of sulfonamides is 1. The monoisotopic (exact) mass is 331 g/mol. The van der Waals surface area contributed by atoms with E-state index in [-0.39, 0.29) is 36.5 Å². The average Bonchev–Trinajstić information content (AvgIpc) is 2.75. The fraction of sp³-hybridized carbons (Fsp3) is 0.867. The van der Waals surface area contributed by atoms with Crippen molar-refractivity contribution in [3.05, 3.63) is 0 Å². The van der Waals surface area contributed by atoms with E-state index < -0.39 is 22.0 Å². The van der Waals surface area contributed by atoms with E-state index >= 15 is 0 Å². The van der Waals surface area contributed by atoms with Crippen LogP contribution in [0.25, 0.3) is 0 Å². The molecule has 1 aliphatic carbocycles. The Labute approximate surface area is 132 Å². The van der Waals surface area contributed by atoms with E-state index in [0.717, 1.165) is 12.8 Å². The van der Waals surface area contributed by atoms with Crippen LogP contribution in [-0.4, -0.2) is 48.9 Å². The van der Waals surface area contributed by atoms with Gasteiger partial charge >= 0.3 is 5.97 Å². The van der Waals surface area contributed by atoms with Crippen molar-refractivity contribution in [2.24, 2.45) is 5.92 Å². The van der Waals surface area contributed by atoms with Crippen LogP contribution in [0.3, 0.4) is 0 Å². The van der Waals surface area contributed by atoms with E-state index in [1.807, 2.05) is 0 Å². The molecule has 2 aliphatic rings. The number of ether oxygens (including phenoxy) is 1. The summed E-state index contributed by atoms with van der Waals surface area (Å²) in [6.07, 6.45) is 3.51. The van der Waals surface area contributed by atoms with E-state index in [1.165, 1.54) is 4.31 Å². The van der Waals surface area contributed by atoms with E-state index in [0.29, 0.717) is 19.3 Å². The molecule has 0 radical (unpaired) electrons. The molecule has 0 spiro atoms. The first-order valence-corrected chi connectivity index (χ1v) is 9.73. The van der Waals surface area contributed by atoms with E-state index in [9.17, 15) is 18.0 Å². The maximum Gasteiger partial charge on any atom is 0.324 e. The van der Waals surface area contributed by atoms with Crippen LogP contribution >= 0.6 is 0 Å². The van der Waals surface area contributed by atoms with Gasteiger partial charge < -0.3 is 4.74 Å². The van der Waals surface area contributed by atoms with Gasteiger partial charge in [0.2, 0.25) is 10.0 Å². The minimum Gasteiger partial charge on any atom is -0.465 e. The molecule has 1 saturated heterocycles. The number of ketones is 1. The van der Waals surface area contributed by atoms with Gasteiger partial charge in [0.05, 0.1) is 12.4 Å². The fourth-order valence-electron chi connectivity index (χ4n) is 3.62. The normalized spacial score (nSPS) is 29.9. The van der Waals surface area contributed by atoms with Crippen molar-refractivity contribution >= 4 is 21.8 Å². The van der Waals surface area contributed by atoms with Gasteiger partial charge in [0, 0.05) is 18.4 Å². The quantitative estimate of drug-likeness (QED) is 0.713. The molecular formula is C15H25NO5S. The number of esters is 1. The lowest BCUT2D eigenvalue weighted by atomic mass is 9.93. The maximum absolute atomic E-state index is 12.6. The SMILES string of the molecule is CCCS(=O)(=O)N1[C@H](C(=O)OCC)C[C@@H]2C(=O)CCCC[C@@H]21. The molecule has 7 heteroatoms. The lowest BCUT2D eigenvalue weighted by Gasteiger charge is -2.28. The number of nitrogens with zero attached hydrogens (tertiary/aromatic N) is 1. The second kappa shape index (κ2) is 7.08. The molecule has 0 N–H and O–H groups in total. The third-order valence-electron chi connectivity index (χ3n) is 4.50. The molecule has 1 saturated carbocycles.